The summed E-state index contributed by atoms with van der Waals surface area (Å²) in [4.78, 5) is 0. The summed E-state index contributed by atoms with van der Waals surface area (Å²) in [6, 6.07) is 0. The smallest absolute Gasteiger partial charge is 0.217 e. The Morgan fingerprint density at radius 3 is 1.31 bits per heavy atom. The van der Waals surface area contributed by atoms with E-state index in [2.05, 4.69) is 46.4 Å². The molecule has 0 spiro atoms. The summed E-state index contributed by atoms with van der Waals surface area (Å²) >= 11 is 22.9. The van der Waals surface area contributed by atoms with Crippen molar-refractivity contribution in [3.63, 3.8) is 0 Å². The largest absolute Gasteiger partial charge is 0.382 e. The van der Waals surface area contributed by atoms with Crippen molar-refractivity contribution < 1.29 is 61.5 Å². The van der Waals surface area contributed by atoms with Gasteiger partial charge in [-0.25, -0.2) is 8.78 Å². The zero-order chi connectivity index (χ0) is 26.6. The Balaban J connectivity index is 6.91. The van der Waals surface area contributed by atoms with Crippen LogP contribution in [0.15, 0.2) is 9.52 Å². The molecule has 2 unspecified atom stereocenters. The van der Waals surface area contributed by atoms with Gasteiger partial charge in [0, 0.05) is 12.3 Å². The molecule has 0 aliphatic carbocycles. The molecule has 20 heteroatoms. The van der Waals surface area contributed by atoms with Crippen molar-refractivity contribution in [3.05, 3.63) is 9.52 Å². The number of rotatable bonds is 10. The van der Waals surface area contributed by atoms with Gasteiger partial charge in [0.1, 0.15) is 9.52 Å². The van der Waals surface area contributed by atoms with Crippen LogP contribution in [-0.4, -0.2) is 51.1 Å². The molecule has 0 saturated heterocycles. The molecule has 192 valence electrons. The minimum absolute atomic E-state index is 0.571. The number of alkyl halides is 17. The molecule has 32 heavy (non-hydrogen) atoms. The first kappa shape index (κ1) is 32.7. The van der Waals surface area contributed by atoms with Gasteiger partial charge in [-0.05, 0) is 15.9 Å². The van der Waals surface area contributed by atoms with E-state index in [1.54, 1.807) is 0 Å². The molecule has 0 saturated carbocycles. The molecule has 0 aromatic heterocycles. The Morgan fingerprint density at radius 2 is 1.00 bits per heavy atom. The van der Waals surface area contributed by atoms with Crippen LogP contribution in [0.5, 0.6) is 0 Å². The van der Waals surface area contributed by atoms with E-state index < -0.39 is 67.1 Å². The van der Waals surface area contributed by atoms with Crippen LogP contribution in [-0.2, 0) is 0 Å². The van der Waals surface area contributed by atoms with E-state index >= 15 is 0 Å². The molecule has 0 aromatic carbocycles. The quantitative estimate of drug-likeness (QED) is 0.161. The number of hydrogen-bond donors (Lipinski definition) is 0. The third kappa shape index (κ3) is 4.48. The fraction of sp³-hybridized carbons (Fsp3) is 0.833. The maximum atomic E-state index is 14.2. The highest BCUT2D eigenvalue weighted by Crippen LogP contribution is 2.66. The van der Waals surface area contributed by atoms with Crippen LogP contribution in [0.1, 0.15) is 6.42 Å². The average Bonchev–Trinajstić information content (AvgIpc) is 2.59. The molecule has 0 aliphatic rings. The molecule has 0 nitrogen and oxygen atoms in total. The molecule has 0 rings (SSSR count). The molecule has 0 bridgehead atoms. The van der Waals surface area contributed by atoms with E-state index in [0.717, 1.165) is 0 Å². The van der Waals surface area contributed by atoms with Gasteiger partial charge in [0.2, 0.25) is 0 Å². The van der Waals surface area contributed by atoms with Crippen LogP contribution in [0.2, 0.25) is 0 Å². The van der Waals surface area contributed by atoms with Gasteiger partial charge in [0.15, 0.2) is 0 Å². The van der Waals surface area contributed by atoms with Gasteiger partial charge in [0.25, 0.3) is 0 Å². The summed E-state index contributed by atoms with van der Waals surface area (Å²) in [6.45, 7) is 0. The van der Waals surface area contributed by atoms with Crippen molar-refractivity contribution in [2.75, 3.05) is 5.88 Å². The maximum Gasteiger partial charge on any atom is 0.382 e. The van der Waals surface area contributed by atoms with Crippen molar-refractivity contribution in [2.24, 2.45) is 0 Å². The van der Waals surface area contributed by atoms with Crippen LogP contribution in [0.3, 0.4) is 0 Å². The highest BCUT2D eigenvalue weighted by Gasteiger charge is 2.92. The third-order valence-corrected chi connectivity index (χ3v) is 6.33. The fourth-order valence-electron chi connectivity index (χ4n) is 1.75. The SMILES string of the molecule is FC(F)(CCCl)C(F)(F)C(F)(Br)C(F)(F)C(F)(Cl)C(F)(F)C(F)(F)C(F)(F)C(Cl)=C(Cl)Cl. The second kappa shape index (κ2) is 9.29. The topological polar surface area (TPSA) is 0 Å². The van der Waals surface area contributed by atoms with E-state index in [1.807, 2.05) is 0 Å². The highest BCUT2D eigenvalue weighted by molar-refractivity contribution is 9.10. The molecule has 0 aliphatic heterocycles. The number of halogens is 20. The van der Waals surface area contributed by atoms with Gasteiger partial charge in [-0.2, -0.15) is 52.7 Å². The summed E-state index contributed by atoms with van der Waals surface area (Å²) < 4.78 is 185. The van der Waals surface area contributed by atoms with E-state index in [4.69, 9.17) is 11.6 Å². The Labute approximate surface area is 202 Å². The first-order chi connectivity index (χ1) is 13.7. The van der Waals surface area contributed by atoms with E-state index in [-0.39, 0.29) is 0 Å². The van der Waals surface area contributed by atoms with Crippen molar-refractivity contribution in [2.45, 2.75) is 51.7 Å². The Bertz CT molecular complexity index is 732. The van der Waals surface area contributed by atoms with Gasteiger partial charge < -0.3 is 0 Å². The molecule has 0 N–H and O–H groups in total. The summed E-state index contributed by atoms with van der Waals surface area (Å²) in [6.07, 6.45) is -2.32. The lowest BCUT2D eigenvalue weighted by Crippen LogP contribution is -2.73. The minimum atomic E-state index is -7.72. The molecule has 0 radical (unpaired) electrons. The lowest BCUT2D eigenvalue weighted by Gasteiger charge is -2.45. The predicted octanol–water partition coefficient (Wildman–Crippen LogP) is 9.28. The lowest BCUT2D eigenvalue weighted by molar-refractivity contribution is -0.367. The summed E-state index contributed by atoms with van der Waals surface area (Å²) in [5, 5.41) is -10.1. The first-order valence-electron chi connectivity index (χ1n) is 6.96. The van der Waals surface area contributed by atoms with Gasteiger partial charge in [-0.15, -0.1) is 11.6 Å². The van der Waals surface area contributed by atoms with Crippen molar-refractivity contribution in [1.82, 2.24) is 0 Å². The zero-order valence-electron chi connectivity index (χ0n) is 14.0. The molecule has 0 aromatic rings. The van der Waals surface area contributed by atoms with Crippen molar-refractivity contribution in [1.29, 1.82) is 0 Å². The van der Waals surface area contributed by atoms with E-state index in [9.17, 15) is 61.5 Å². The highest BCUT2D eigenvalue weighted by atomic mass is 79.9. The minimum Gasteiger partial charge on any atom is -0.217 e. The van der Waals surface area contributed by atoms with Crippen LogP contribution in [0, 0.1) is 0 Å². The van der Waals surface area contributed by atoms with Gasteiger partial charge in [-0.3, -0.25) is 0 Å². The van der Waals surface area contributed by atoms with E-state index in [0.29, 0.717) is 15.9 Å². The summed E-state index contributed by atoms with van der Waals surface area (Å²) in [5.41, 5.74) is 0. The third-order valence-electron chi connectivity index (χ3n) is 3.68. The van der Waals surface area contributed by atoms with E-state index in [1.165, 1.54) is 0 Å². The molecular weight excluding hydrogens is 667 g/mol. The van der Waals surface area contributed by atoms with Gasteiger partial charge in [-0.1, -0.05) is 46.4 Å². The average molecular weight is 671 g/mol. The zero-order valence-corrected chi connectivity index (χ0v) is 19.3. The normalized spacial score (nSPS) is 18.8. The second-order valence-corrected chi connectivity index (χ2v) is 9.06. The monoisotopic (exact) mass is 668 g/mol. The molecular formula is C12H4BrCl5F14. The van der Waals surface area contributed by atoms with Crippen LogP contribution < -0.4 is 0 Å². The van der Waals surface area contributed by atoms with Gasteiger partial charge in [0.05, 0.1) is 0 Å². The maximum absolute atomic E-state index is 14.2. The van der Waals surface area contributed by atoms with Crippen LogP contribution >= 0.6 is 73.9 Å². The standard InChI is InChI=1S/C12H4BrCl5F14/c13-7(23,9(25,26)5(19,20)1-2-14)11(29,30)8(18,24)12(31,32)10(27,28)6(21,22)3(15)4(16)17/h1-2H2. The van der Waals surface area contributed by atoms with Crippen LogP contribution in [0.25, 0.3) is 0 Å². The lowest BCUT2D eigenvalue weighted by atomic mass is 9.89. The Morgan fingerprint density at radius 1 is 0.625 bits per heavy atom. The first-order valence-corrected chi connectivity index (χ1v) is 9.80. The van der Waals surface area contributed by atoms with Crippen molar-refractivity contribution >= 4 is 73.9 Å². The van der Waals surface area contributed by atoms with Crippen molar-refractivity contribution in [3.8, 4) is 0 Å². The van der Waals surface area contributed by atoms with Gasteiger partial charge >= 0.3 is 45.2 Å². The Kier molecular flexibility index (Phi) is 9.49. The van der Waals surface area contributed by atoms with Crippen LogP contribution in [0.4, 0.5) is 61.5 Å². The predicted molar refractivity (Wildman–Crippen MR) is 92.1 cm³/mol. The summed E-state index contributed by atoms with van der Waals surface area (Å²) in [7, 11) is 0. The molecule has 0 fully saturated rings. The molecule has 2 atom stereocenters. The molecule has 0 heterocycles. The fourth-order valence-corrected chi connectivity index (χ4v) is 3.27. The number of allylic oxidation sites excluding steroid dienone is 1. The Hall–Kier alpha value is 0.690. The second-order valence-electron chi connectivity index (χ2n) is 5.74. The number of hydrogen-bond acceptors (Lipinski definition) is 0. The summed E-state index contributed by atoms with van der Waals surface area (Å²) in [5.74, 6) is -43.7. The molecule has 0 amide bonds.